The Morgan fingerprint density at radius 3 is 2.75 bits per heavy atom. The standard InChI is InChI=1S/C17H20N6O/c24-15-7-13-11-21(17-9-18-8-16-19-3-5-22(16)17)10-12(13)6-14(15)23-4-1-2-20-23/h1-5,8-9,12-15,24H,6-7,10-11H2/t12-,13+,14-,15-/m1/s1. The summed E-state index contributed by atoms with van der Waals surface area (Å²) in [6.45, 7) is 1.96. The molecule has 0 unspecified atom stereocenters. The van der Waals surface area contributed by atoms with Gasteiger partial charge in [-0.15, -0.1) is 0 Å². The van der Waals surface area contributed by atoms with Gasteiger partial charge >= 0.3 is 0 Å². The summed E-state index contributed by atoms with van der Waals surface area (Å²) in [5.41, 5.74) is 0.872. The van der Waals surface area contributed by atoms with E-state index in [9.17, 15) is 5.11 Å². The van der Waals surface area contributed by atoms with Gasteiger partial charge in [-0.2, -0.15) is 5.10 Å². The summed E-state index contributed by atoms with van der Waals surface area (Å²) >= 11 is 0. The molecule has 3 aromatic heterocycles. The molecule has 1 aliphatic carbocycles. The number of aromatic nitrogens is 5. The lowest BCUT2D eigenvalue weighted by Crippen LogP contribution is -2.36. The van der Waals surface area contributed by atoms with Crippen LogP contribution in [0.2, 0.25) is 0 Å². The molecule has 5 rings (SSSR count). The van der Waals surface area contributed by atoms with Crippen LogP contribution >= 0.6 is 0 Å². The normalized spacial score (nSPS) is 30.0. The van der Waals surface area contributed by atoms with Crippen LogP contribution < -0.4 is 4.90 Å². The minimum atomic E-state index is -0.326. The predicted molar refractivity (Wildman–Crippen MR) is 88.7 cm³/mol. The molecule has 2 fully saturated rings. The summed E-state index contributed by atoms with van der Waals surface area (Å²) < 4.78 is 4.01. The minimum absolute atomic E-state index is 0.0864. The van der Waals surface area contributed by atoms with Gasteiger partial charge in [-0.05, 0) is 30.7 Å². The van der Waals surface area contributed by atoms with Gasteiger partial charge < -0.3 is 10.0 Å². The van der Waals surface area contributed by atoms with Crippen molar-refractivity contribution in [2.75, 3.05) is 18.0 Å². The molecular weight excluding hydrogens is 304 g/mol. The second-order valence-corrected chi connectivity index (χ2v) is 6.94. The van der Waals surface area contributed by atoms with E-state index in [1.165, 1.54) is 0 Å². The summed E-state index contributed by atoms with van der Waals surface area (Å²) in [6.07, 6.45) is 12.7. The van der Waals surface area contributed by atoms with Gasteiger partial charge in [0.1, 0.15) is 5.82 Å². The lowest BCUT2D eigenvalue weighted by atomic mass is 9.77. The van der Waals surface area contributed by atoms with Crippen molar-refractivity contribution >= 4 is 11.5 Å². The van der Waals surface area contributed by atoms with Gasteiger partial charge in [-0.25, -0.2) is 4.98 Å². The first-order valence-corrected chi connectivity index (χ1v) is 8.49. The maximum absolute atomic E-state index is 10.6. The highest BCUT2D eigenvalue weighted by Gasteiger charge is 2.43. The molecule has 1 aliphatic heterocycles. The van der Waals surface area contributed by atoms with Crippen LogP contribution in [0.3, 0.4) is 0 Å². The molecule has 0 radical (unpaired) electrons. The molecule has 1 saturated carbocycles. The first-order chi connectivity index (χ1) is 11.8. The summed E-state index contributed by atoms with van der Waals surface area (Å²) in [5.74, 6) is 2.18. The largest absolute Gasteiger partial charge is 0.391 e. The number of aliphatic hydroxyl groups excluding tert-OH is 1. The molecule has 1 saturated heterocycles. The molecule has 0 amide bonds. The average Bonchev–Trinajstić information content (AvgIpc) is 3.32. The highest BCUT2D eigenvalue weighted by molar-refractivity contribution is 5.49. The molecule has 7 heteroatoms. The molecular formula is C17H20N6O. The van der Waals surface area contributed by atoms with E-state index in [2.05, 4.69) is 24.4 Å². The Hall–Kier alpha value is -2.41. The molecule has 3 aromatic rings. The number of hydrogen-bond donors (Lipinski definition) is 1. The van der Waals surface area contributed by atoms with Crippen molar-refractivity contribution in [1.82, 2.24) is 24.1 Å². The fourth-order valence-electron chi connectivity index (χ4n) is 4.43. The van der Waals surface area contributed by atoms with E-state index in [-0.39, 0.29) is 12.1 Å². The van der Waals surface area contributed by atoms with E-state index >= 15 is 0 Å². The van der Waals surface area contributed by atoms with Crippen LogP contribution in [0.1, 0.15) is 18.9 Å². The van der Waals surface area contributed by atoms with E-state index in [0.29, 0.717) is 11.8 Å². The maximum atomic E-state index is 10.6. The molecule has 4 atom stereocenters. The Morgan fingerprint density at radius 2 is 1.92 bits per heavy atom. The SMILES string of the molecule is O[C@@H]1C[C@H]2CN(c3cncc4nccn34)C[C@H]2C[C@H]1n1cccn1. The third-order valence-electron chi connectivity index (χ3n) is 5.59. The van der Waals surface area contributed by atoms with Gasteiger partial charge in [0.15, 0.2) is 5.65 Å². The van der Waals surface area contributed by atoms with Crippen molar-refractivity contribution in [1.29, 1.82) is 0 Å². The lowest BCUT2D eigenvalue weighted by molar-refractivity contribution is 0.0306. The number of imidazole rings is 1. The van der Waals surface area contributed by atoms with Crippen LogP contribution in [0, 0.1) is 11.8 Å². The van der Waals surface area contributed by atoms with E-state index in [1.54, 1.807) is 18.6 Å². The third kappa shape index (κ3) is 2.11. The topological polar surface area (TPSA) is 71.5 Å². The quantitative estimate of drug-likeness (QED) is 0.771. The van der Waals surface area contributed by atoms with Gasteiger partial charge in [0, 0.05) is 37.9 Å². The van der Waals surface area contributed by atoms with Crippen molar-refractivity contribution < 1.29 is 5.11 Å². The Kier molecular flexibility index (Phi) is 3.09. The summed E-state index contributed by atoms with van der Waals surface area (Å²) in [6, 6.07) is 2.01. The van der Waals surface area contributed by atoms with Crippen LogP contribution in [-0.4, -0.2) is 48.4 Å². The van der Waals surface area contributed by atoms with Crippen LogP contribution in [0.5, 0.6) is 0 Å². The Bertz CT molecular complexity index is 844. The predicted octanol–water partition coefficient (Wildman–Crippen LogP) is 1.37. The first-order valence-electron chi connectivity index (χ1n) is 8.49. The maximum Gasteiger partial charge on any atom is 0.156 e. The van der Waals surface area contributed by atoms with Crippen LogP contribution in [-0.2, 0) is 0 Å². The molecule has 7 nitrogen and oxygen atoms in total. The van der Waals surface area contributed by atoms with Gasteiger partial charge in [-0.3, -0.25) is 14.1 Å². The van der Waals surface area contributed by atoms with Crippen molar-refractivity contribution in [2.45, 2.75) is 25.0 Å². The molecule has 1 N–H and O–H groups in total. The van der Waals surface area contributed by atoms with Crippen LogP contribution in [0.4, 0.5) is 5.82 Å². The van der Waals surface area contributed by atoms with Crippen LogP contribution in [0.15, 0.2) is 43.2 Å². The third-order valence-corrected chi connectivity index (χ3v) is 5.59. The van der Waals surface area contributed by atoms with E-state index in [4.69, 9.17) is 0 Å². The van der Waals surface area contributed by atoms with Crippen molar-refractivity contribution in [3.63, 3.8) is 0 Å². The molecule has 0 spiro atoms. The van der Waals surface area contributed by atoms with Gasteiger partial charge in [0.2, 0.25) is 0 Å². The number of hydrogen-bond acceptors (Lipinski definition) is 5. The van der Waals surface area contributed by atoms with Gasteiger partial charge in [0.05, 0.1) is 24.5 Å². The average molecular weight is 324 g/mol. The van der Waals surface area contributed by atoms with Crippen LogP contribution in [0.25, 0.3) is 5.65 Å². The first kappa shape index (κ1) is 14.0. The molecule has 24 heavy (non-hydrogen) atoms. The van der Waals surface area contributed by atoms with E-state index in [1.807, 2.05) is 29.3 Å². The Balaban J connectivity index is 1.41. The zero-order chi connectivity index (χ0) is 16.1. The summed E-state index contributed by atoms with van der Waals surface area (Å²) in [7, 11) is 0. The van der Waals surface area contributed by atoms with Gasteiger partial charge in [-0.1, -0.05) is 0 Å². The zero-order valence-electron chi connectivity index (χ0n) is 13.3. The Labute approximate surface area is 139 Å². The number of fused-ring (bicyclic) bond motifs is 2. The zero-order valence-corrected chi connectivity index (χ0v) is 13.3. The fraction of sp³-hybridized carbons (Fsp3) is 0.471. The second-order valence-electron chi connectivity index (χ2n) is 6.94. The molecule has 0 aromatic carbocycles. The molecule has 124 valence electrons. The van der Waals surface area contributed by atoms with Crippen molar-refractivity contribution in [3.05, 3.63) is 43.2 Å². The fourth-order valence-corrected chi connectivity index (χ4v) is 4.43. The Morgan fingerprint density at radius 1 is 1.04 bits per heavy atom. The second kappa shape index (κ2) is 5.31. The van der Waals surface area contributed by atoms with Gasteiger partial charge in [0.25, 0.3) is 0 Å². The highest BCUT2D eigenvalue weighted by Crippen LogP contribution is 2.42. The summed E-state index contributed by atoms with van der Waals surface area (Å²) in [4.78, 5) is 11.0. The number of rotatable bonds is 2. The molecule has 2 aliphatic rings. The van der Waals surface area contributed by atoms with E-state index in [0.717, 1.165) is 37.4 Å². The monoisotopic (exact) mass is 324 g/mol. The minimum Gasteiger partial charge on any atom is -0.391 e. The lowest BCUT2D eigenvalue weighted by Gasteiger charge is -2.35. The number of anilines is 1. The highest BCUT2D eigenvalue weighted by atomic mass is 16.3. The molecule has 4 heterocycles. The molecule has 0 bridgehead atoms. The summed E-state index contributed by atoms with van der Waals surface area (Å²) in [5, 5.41) is 14.9. The number of aliphatic hydroxyl groups is 1. The number of nitrogens with zero attached hydrogens (tertiary/aromatic N) is 6. The van der Waals surface area contributed by atoms with Crippen molar-refractivity contribution in [2.24, 2.45) is 11.8 Å². The van der Waals surface area contributed by atoms with Crippen molar-refractivity contribution in [3.8, 4) is 0 Å². The van der Waals surface area contributed by atoms with E-state index < -0.39 is 0 Å². The smallest absolute Gasteiger partial charge is 0.156 e.